The monoisotopic (exact) mass is 427 g/mol. The molecule has 1 aliphatic heterocycles. The Labute approximate surface area is 180 Å². The van der Waals surface area contributed by atoms with Crippen molar-refractivity contribution < 1.29 is 19.7 Å². The lowest BCUT2D eigenvalue weighted by atomic mass is 10.1. The maximum absolute atomic E-state index is 12.4. The average molecular weight is 428 g/mol. The maximum Gasteiger partial charge on any atom is 0.227 e. The summed E-state index contributed by atoms with van der Waals surface area (Å²) >= 11 is 0. The molecule has 3 aromatic rings. The van der Waals surface area contributed by atoms with Gasteiger partial charge in [0.2, 0.25) is 5.91 Å². The number of ether oxygens (including phenoxy) is 1. The molecule has 0 radical (unpaired) electrons. The van der Waals surface area contributed by atoms with Crippen LogP contribution in [-0.4, -0.2) is 55.5 Å². The molecule has 1 fully saturated rings. The first-order valence-corrected chi connectivity index (χ1v) is 10.5. The standard InChI is InChI=1S/C22H29N5O4/c1-4-31-11-17-25-19-20(26(17)12-22(2,3)30)15-7-5-13(9-16(15)24-21(19)23)27-14(10-28)6-8-18(27)29/h5,7,9,14,28,30H,4,6,8,10-12H2,1-3H3,(H2,23,24)/t14-/m0/s1. The van der Waals surface area contributed by atoms with Gasteiger partial charge in [0.25, 0.3) is 0 Å². The van der Waals surface area contributed by atoms with Gasteiger partial charge in [-0.15, -0.1) is 0 Å². The number of aromatic nitrogens is 3. The van der Waals surface area contributed by atoms with Crippen LogP contribution in [0.15, 0.2) is 18.2 Å². The Hall–Kier alpha value is -2.75. The van der Waals surface area contributed by atoms with Crippen LogP contribution < -0.4 is 10.6 Å². The number of hydrogen-bond donors (Lipinski definition) is 3. The minimum Gasteiger partial charge on any atom is -0.394 e. The van der Waals surface area contributed by atoms with Gasteiger partial charge in [0.15, 0.2) is 5.82 Å². The Morgan fingerprint density at radius 3 is 2.77 bits per heavy atom. The zero-order valence-corrected chi connectivity index (χ0v) is 18.1. The number of benzene rings is 1. The van der Waals surface area contributed by atoms with Crippen molar-refractivity contribution in [3.63, 3.8) is 0 Å². The lowest BCUT2D eigenvalue weighted by Gasteiger charge is -2.24. The van der Waals surface area contributed by atoms with Gasteiger partial charge in [-0.1, -0.05) is 0 Å². The molecule has 1 saturated heterocycles. The number of hydrogen-bond acceptors (Lipinski definition) is 7. The SMILES string of the molecule is CCOCc1nc2c(N)nc3cc(N4C(=O)CC[C@H]4CO)ccc3c2n1CC(C)(C)O. The van der Waals surface area contributed by atoms with Gasteiger partial charge in [0.05, 0.1) is 35.8 Å². The van der Waals surface area contributed by atoms with E-state index in [-0.39, 0.29) is 24.4 Å². The summed E-state index contributed by atoms with van der Waals surface area (Å²) in [6, 6.07) is 5.34. The Morgan fingerprint density at radius 2 is 2.10 bits per heavy atom. The third-order valence-corrected chi connectivity index (χ3v) is 5.56. The molecule has 0 unspecified atom stereocenters. The topological polar surface area (TPSA) is 127 Å². The third kappa shape index (κ3) is 3.96. The average Bonchev–Trinajstić information content (AvgIpc) is 3.25. The van der Waals surface area contributed by atoms with Gasteiger partial charge in [-0.2, -0.15) is 0 Å². The van der Waals surface area contributed by atoms with Crippen molar-refractivity contribution >= 4 is 39.3 Å². The largest absolute Gasteiger partial charge is 0.394 e. The van der Waals surface area contributed by atoms with E-state index < -0.39 is 5.60 Å². The maximum atomic E-state index is 12.4. The molecule has 0 aliphatic carbocycles. The highest BCUT2D eigenvalue weighted by Crippen LogP contribution is 2.34. The van der Waals surface area contributed by atoms with Crippen LogP contribution in [0.25, 0.3) is 21.9 Å². The van der Waals surface area contributed by atoms with E-state index in [9.17, 15) is 15.0 Å². The van der Waals surface area contributed by atoms with E-state index in [1.165, 1.54) is 0 Å². The van der Waals surface area contributed by atoms with Crippen molar-refractivity contribution in [3.05, 3.63) is 24.0 Å². The second-order valence-corrected chi connectivity index (χ2v) is 8.60. The first-order valence-electron chi connectivity index (χ1n) is 10.5. The van der Waals surface area contributed by atoms with Crippen LogP contribution in [0.2, 0.25) is 0 Å². The number of nitrogens with zero attached hydrogens (tertiary/aromatic N) is 4. The molecule has 0 spiro atoms. The molecule has 1 amide bonds. The van der Waals surface area contributed by atoms with Crippen molar-refractivity contribution in [1.29, 1.82) is 0 Å². The molecular weight excluding hydrogens is 398 g/mol. The summed E-state index contributed by atoms with van der Waals surface area (Å²) in [5, 5.41) is 21.0. The van der Waals surface area contributed by atoms with Crippen LogP contribution >= 0.6 is 0 Å². The molecule has 4 N–H and O–H groups in total. The lowest BCUT2D eigenvalue weighted by Crippen LogP contribution is -2.35. The van der Waals surface area contributed by atoms with Crippen LogP contribution in [-0.2, 0) is 22.7 Å². The van der Waals surface area contributed by atoms with E-state index in [1.807, 2.05) is 29.7 Å². The van der Waals surface area contributed by atoms with Gasteiger partial charge in [-0.25, -0.2) is 9.97 Å². The molecule has 2 aromatic heterocycles. The van der Waals surface area contributed by atoms with Crippen LogP contribution in [0.3, 0.4) is 0 Å². The van der Waals surface area contributed by atoms with E-state index in [0.29, 0.717) is 55.1 Å². The predicted molar refractivity (Wildman–Crippen MR) is 119 cm³/mol. The van der Waals surface area contributed by atoms with Crippen molar-refractivity contribution in [2.45, 2.75) is 58.4 Å². The Morgan fingerprint density at radius 1 is 1.32 bits per heavy atom. The number of carbonyl (C=O) groups is 1. The smallest absolute Gasteiger partial charge is 0.227 e. The highest BCUT2D eigenvalue weighted by Gasteiger charge is 2.32. The number of imidazole rings is 1. The molecular formula is C22H29N5O4. The summed E-state index contributed by atoms with van der Waals surface area (Å²) in [7, 11) is 0. The molecule has 9 heteroatoms. The van der Waals surface area contributed by atoms with Crippen molar-refractivity contribution in [2.75, 3.05) is 23.8 Å². The number of nitrogen functional groups attached to an aromatic ring is 1. The summed E-state index contributed by atoms with van der Waals surface area (Å²) in [5.74, 6) is 0.927. The highest BCUT2D eigenvalue weighted by molar-refractivity contribution is 6.08. The predicted octanol–water partition coefficient (Wildman–Crippen LogP) is 1.96. The number of rotatable bonds is 7. The molecule has 1 atom stereocenters. The van der Waals surface area contributed by atoms with Gasteiger partial charge in [-0.05, 0) is 45.4 Å². The second kappa shape index (κ2) is 8.07. The van der Waals surface area contributed by atoms with Crippen LogP contribution in [0.5, 0.6) is 0 Å². The highest BCUT2D eigenvalue weighted by atomic mass is 16.5. The number of carbonyl (C=O) groups excluding carboxylic acids is 1. The van der Waals surface area contributed by atoms with E-state index in [0.717, 1.165) is 10.9 Å². The zero-order valence-electron chi connectivity index (χ0n) is 18.1. The molecule has 0 bridgehead atoms. The minimum absolute atomic E-state index is 0.0153. The molecule has 166 valence electrons. The Kier molecular flexibility index (Phi) is 5.59. The number of amides is 1. The molecule has 4 rings (SSSR count). The number of aliphatic hydroxyl groups excluding tert-OH is 1. The Bertz CT molecular complexity index is 1130. The summed E-state index contributed by atoms with van der Waals surface area (Å²) in [6.45, 7) is 6.44. The van der Waals surface area contributed by atoms with Crippen molar-refractivity contribution in [3.8, 4) is 0 Å². The zero-order chi connectivity index (χ0) is 22.3. The molecule has 3 heterocycles. The third-order valence-electron chi connectivity index (χ3n) is 5.56. The quantitative estimate of drug-likeness (QED) is 0.526. The fourth-order valence-corrected chi connectivity index (χ4v) is 4.23. The first kappa shape index (κ1) is 21.5. The number of nitrogens with two attached hydrogens (primary N) is 1. The molecule has 0 saturated carbocycles. The summed E-state index contributed by atoms with van der Waals surface area (Å²) in [4.78, 5) is 23.2. The van der Waals surface area contributed by atoms with Gasteiger partial charge < -0.3 is 30.2 Å². The number of pyridine rings is 1. The molecule has 1 aromatic carbocycles. The van der Waals surface area contributed by atoms with Gasteiger partial charge in [-0.3, -0.25) is 4.79 Å². The molecule has 1 aliphatic rings. The van der Waals surface area contributed by atoms with E-state index in [2.05, 4.69) is 9.97 Å². The van der Waals surface area contributed by atoms with Crippen LogP contribution in [0, 0.1) is 0 Å². The number of fused-ring (bicyclic) bond motifs is 3. The summed E-state index contributed by atoms with van der Waals surface area (Å²) in [5.41, 5.74) is 7.94. The van der Waals surface area contributed by atoms with Crippen LogP contribution in [0.4, 0.5) is 11.5 Å². The Balaban J connectivity index is 1.91. The fourth-order valence-electron chi connectivity index (χ4n) is 4.23. The van der Waals surface area contributed by atoms with Gasteiger partial charge >= 0.3 is 0 Å². The lowest BCUT2D eigenvalue weighted by molar-refractivity contribution is -0.117. The van der Waals surface area contributed by atoms with Crippen molar-refractivity contribution in [2.24, 2.45) is 0 Å². The summed E-state index contributed by atoms with van der Waals surface area (Å²) < 4.78 is 7.52. The fraction of sp³-hybridized carbons (Fsp3) is 0.500. The van der Waals surface area contributed by atoms with Crippen LogP contribution in [0.1, 0.15) is 39.4 Å². The molecule has 9 nitrogen and oxygen atoms in total. The van der Waals surface area contributed by atoms with Crippen molar-refractivity contribution in [1.82, 2.24) is 14.5 Å². The minimum atomic E-state index is -0.977. The summed E-state index contributed by atoms with van der Waals surface area (Å²) in [6.07, 6.45) is 1.04. The normalized spacial score (nSPS) is 17.4. The van der Waals surface area contributed by atoms with E-state index >= 15 is 0 Å². The number of anilines is 2. The van der Waals surface area contributed by atoms with Gasteiger partial charge in [0.1, 0.15) is 17.9 Å². The van der Waals surface area contributed by atoms with E-state index in [1.54, 1.807) is 18.7 Å². The van der Waals surface area contributed by atoms with E-state index in [4.69, 9.17) is 10.5 Å². The van der Waals surface area contributed by atoms with Gasteiger partial charge in [0, 0.05) is 24.1 Å². The first-order chi connectivity index (χ1) is 14.7. The second-order valence-electron chi connectivity index (χ2n) is 8.60. The number of aliphatic hydroxyl groups is 2. The molecule has 31 heavy (non-hydrogen) atoms.